The Morgan fingerprint density at radius 3 is 2.79 bits per heavy atom. The molecule has 2 aromatic heterocycles. The Hall–Kier alpha value is -3.37. The molecule has 2 heterocycles. The Balaban J connectivity index is 1.60. The smallest absolute Gasteiger partial charge is 0.255 e. The van der Waals surface area contributed by atoms with E-state index in [9.17, 15) is 4.79 Å². The SMILES string of the molecule is CC(C)(C)[C@H]1CCc2c(sc(N=Cc3ccc(OCC#N)cc3)c2C(=O)NCc2ccco2)C1. The quantitative estimate of drug-likeness (QED) is 0.420. The molecular weight excluding hydrogens is 446 g/mol. The number of ether oxygens (including phenoxy) is 1. The molecule has 0 radical (unpaired) electrons. The summed E-state index contributed by atoms with van der Waals surface area (Å²) in [5, 5.41) is 12.4. The van der Waals surface area contributed by atoms with Crippen molar-refractivity contribution in [3.63, 3.8) is 0 Å². The molecule has 7 heteroatoms. The van der Waals surface area contributed by atoms with E-state index in [-0.39, 0.29) is 17.9 Å². The van der Waals surface area contributed by atoms with Crippen LogP contribution in [0, 0.1) is 22.7 Å². The molecule has 1 aliphatic carbocycles. The van der Waals surface area contributed by atoms with Crippen molar-refractivity contribution < 1.29 is 13.9 Å². The lowest BCUT2D eigenvalue weighted by Crippen LogP contribution is -2.28. The number of nitrogens with zero attached hydrogens (tertiary/aromatic N) is 2. The number of amides is 1. The molecule has 0 unspecified atom stereocenters. The Labute approximate surface area is 204 Å². The van der Waals surface area contributed by atoms with Crippen LogP contribution in [0.5, 0.6) is 5.75 Å². The lowest BCUT2D eigenvalue weighted by molar-refractivity contribution is 0.0947. The Kier molecular flexibility index (Phi) is 7.18. The van der Waals surface area contributed by atoms with Crippen LogP contribution in [-0.4, -0.2) is 18.7 Å². The van der Waals surface area contributed by atoms with Gasteiger partial charge in [-0.2, -0.15) is 5.26 Å². The third kappa shape index (κ3) is 5.57. The van der Waals surface area contributed by atoms with E-state index in [1.165, 1.54) is 4.88 Å². The molecule has 0 saturated heterocycles. The van der Waals surface area contributed by atoms with E-state index < -0.39 is 0 Å². The standard InChI is InChI=1S/C27H29N3O3S/c1-27(2,3)19-8-11-22-23(15-19)34-26(24(22)25(31)29-17-21-5-4-13-32-21)30-16-18-6-9-20(10-7-18)33-14-12-28/h4-7,9-10,13,16,19H,8,11,14-15,17H2,1-3H3,(H,29,31)/t19-/m0/s1. The molecule has 34 heavy (non-hydrogen) atoms. The minimum atomic E-state index is -0.115. The molecule has 0 aliphatic heterocycles. The monoisotopic (exact) mass is 475 g/mol. The molecule has 4 rings (SSSR count). The summed E-state index contributed by atoms with van der Waals surface area (Å²) in [5.41, 5.74) is 2.94. The van der Waals surface area contributed by atoms with Crippen LogP contribution < -0.4 is 10.1 Å². The molecule has 1 N–H and O–H groups in total. The lowest BCUT2D eigenvalue weighted by atomic mass is 9.72. The van der Waals surface area contributed by atoms with Crippen LogP contribution in [0.25, 0.3) is 0 Å². The fraction of sp³-hybridized carbons (Fsp3) is 0.370. The van der Waals surface area contributed by atoms with Crippen molar-refractivity contribution >= 4 is 28.5 Å². The van der Waals surface area contributed by atoms with Crippen molar-refractivity contribution in [2.75, 3.05) is 6.61 Å². The number of aliphatic imine (C=N–C) groups is 1. The maximum Gasteiger partial charge on any atom is 0.255 e. The third-order valence-electron chi connectivity index (χ3n) is 6.22. The van der Waals surface area contributed by atoms with Crippen LogP contribution in [-0.2, 0) is 19.4 Å². The van der Waals surface area contributed by atoms with Crippen molar-refractivity contribution in [1.29, 1.82) is 5.26 Å². The van der Waals surface area contributed by atoms with Crippen molar-refractivity contribution in [1.82, 2.24) is 5.32 Å². The van der Waals surface area contributed by atoms with Crippen LogP contribution in [0.3, 0.4) is 0 Å². The second-order valence-electron chi connectivity index (χ2n) is 9.53. The first-order valence-electron chi connectivity index (χ1n) is 11.4. The molecule has 1 amide bonds. The molecule has 0 bridgehead atoms. The first-order valence-corrected chi connectivity index (χ1v) is 12.3. The number of benzene rings is 1. The van der Waals surface area contributed by atoms with Crippen molar-refractivity contribution in [2.45, 2.75) is 46.6 Å². The van der Waals surface area contributed by atoms with Gasteiger partial charge in [0.25, 0.3) is 5.91 Å². The minimum Gasteiger partial charge on any atom is -0.479 e. The van der Waals surface area contributed by atoms with Crippen molar-refractivity contribution in [3.05, 3.63) is 70.0 Å². The van der Waals surface area contributed by atoms with Gasteiger partial charge in [-0.3, -0.25) is 4.79 Å². The molecule has 0 fully saturated rings. The summed E-state index contributed by atoms with van der Waals surface area (Å²) < 4.78 is 10.7. The number of furan rings is 1. The zero-order valence-corrected chi connectivity index (χ0v) is 20.6. The van der Waals surface area contributed by atoms with E-state index in [0.717, 1.165) is 35.4 Å². The highest BCUT2D eigenvalue weighted by Crippen LogP contribution is 2.45. The van der Waals surface area contributed by atoms with Crippen LogP contribution in [0.4, 0.5) is 5.00 Å². The van der Waals surface area contributed by atoms with Crippen molar-refractivity contribution in [3.8, 4) is 11.8 Å². The molecule has 3 aromatic rings. The number of hydrogen-bond donors (Lipinski definition) is 1. The van der Waals surface area contributed by atoms with Gasteiger partial charge in [0, 0.05) is 11.1 Å². The number of thiophene rings is 1. The van der Waals surface area contributed by atoms with Gasteiger partial charge in [-0.15, -0.1) is 11.3 Å². The number of hydrogen-bond acceptors (Lipinski definition) is 6. The Bertz CT molecular complexity index is 1200. The molecule has 1 atom stereocenters. The average Bonchev–Trinajstić information content (AvgIpc) is 3.47. The second kappa shape index (κ2) is 10.3. The maximum absolute atomic E-state index is 13.3. The molecule has 176 valence electrons. The molecule has 0 spiro atoms. The highest BCUT2D eigenvalue weighted by Gasteiger charge is 2.33. The maximum atomic E-state index is 13.3. The van der Waals surface area contributed by atoms with Gasteiger partial charge in [0.05, 0.1) is 18.4 Å². The normalized spacial score (nSPS) is 15.6. The third-order valence-corrected chi connectivity index (χ3v) is 7.38. The molecular formula is C27H29N3O3S. The Morgan fingerprint density at radius 2 is 2.12 bits per heavy atom. The van der Waals surface area contributed by atoms with E-state index in [0.29, 0.717) is 29.5 Å². The van der Waals surface area contributed by atoms with E-state index in [4.69, 9.17) is 19.4 Å². The highest BCUT2D eigenvalue weighted by molar-refractivity contribution is 7.16. The van der Waals surface area contributed by atoms with Crippen molar-refractivity contribution in [2.24, 2.45) is 16.3 Å². The van der Waals surface area contributed by atoms with Crippen LogP contribution in [0.1, 0.15) is 59.3 Å². The second-order valence-corrected chi connectivity index (χ2v) is 10.6. The summed E-state index contributed by atoms with van der Waals surface area (Å²) >= 11 is 1.62. The van der Waals surface area contributed by atoms with E-state index >= 15 is 0 Å². The highest BCUT2D eigenvalue weighted by atomic mass is 32.1. The molecule has 1 aliphatic rings. The molecule has 0 saturated carbocycles. The lowest BCUT2D eigenvalue weighted by Gasteiger charge is -2.33. The number of carbonyl (C=O) groups is 1. The zero-order valence-electron chi connectivity index (χ0n) is 19.8. The predicted octanol–water partition coefficient (Wildman–Crippen LogP) is 6.08. The summed E-state index contributed by atoms with van der Waals surface area (Å²) in [6, 6.07) is 13.0. The summed E-state index contributed by atoms with van der Waals surface area (Å²) in [5.74, 6) is 1.82. The van der Waals surface area contributed by atoms with Gasteiger partial charge in [0.2, 0.25) is 0 Å². The summed E-state index contributed by atoms with van der Waals surface area (Å²) in [6.07, 6.45) is 6.31. The fourth-order valence-electron chi connectivity index (χ4n) is 4.20. The van der Waals surface area contributed by atoms with Gasteiger partial charge in [0.15, 0.2) is 6.61 Å². The van der Waals surface area contributed by atoms with Crippen LogP contribution >= 0.6 is 11.3 Å². The van der Waals surface area contributed by atoms with E-state index in [1.54, 1.807) is 23.8 Å². The first kappa shape index (κ1) is 23.8. The van der Waals surface area contributed by atoms with Crippen LogP contribution in [0.15, 0.2) is 52.1 Å². The van der Waals surface area contributed by atoms with E-state index in [2.05, 4.69) is 26.1 Å². The number of nitriles is 1. The van der Waals surface area contributed by atoms with E-state index in [1.807, 2.05) is 42.5 Å². The fourth-order valence-corrected chi connectivity index (χ4v) is 5.47. The van der Waals surface area contributed by atoms with Gasteiger partial charge in [0.1, 0.15) is 22.6 Å². The average molecular weight is 476 g/mol. The number of rotatable bonds is 7. The summed E-state index contributed by atoms with van der Waals surface area (Å²) in [6.45, 7) is 7.22. The first-order chi connectivity index (χ1) is 16.3. The number of nitrogens with one attached hydrogen (secondary N) is 1. The van der Waals surface area contributed by atoms with Crippen LogP contribution in [0.2, 0.25) is 0 Å². The largest absolute Gasteiger partial charge is 0.479 e. The zero-order chi connectivity index (χ0) is 24.1. The molecule has 6 nitrogen and oxygen atoms in total. The number of fused-ring (bicyclic) bond motifs is 1. The number of carbonyl (C=O) groups excluding carboxylic acids is 1. The topological polar surface area (TPSA) is 87.6 Å². The summed E-state index contributed by atoms with van der Waals surface area (Å²) in [7, 11) is 0. The van der Waals surface area contributed by atoms with Gasteiger partial charge < -0.3 is 14.5 Å². The van der Waals surface area contributed by atoms with Gasteiger partial charge >= 0.3 is 0 Å². The summed E-state index contributed by atoms with van der Waals surface area (Å²) in [4.78, 5) is 19.3. The minimum absolute atomic E-state index is 0.0141. The van der Waals surface area contributed by atoms with Gasteiger partial charge in [-0.05, 0) is 78.1 Å². The van der Waals surface area contributed by atoms with Gasteiger partial charge in [-0.1, -0.05) is 20.8 Å². The Morgan fingerprint density at radius 1 is 1.32 bits per heavy atom. The van der Waals surface area contributed by atoms with Gasteiger partial charge in [-0.25, -0.2) is 4.99 Å². The molecule has 1 aromatic carbocycles. The predicted molar refractivity (Wildman–Crippen MR) is 134 cm³/mol.